The molecule has 20 heavy (non-hydrogen) atoms. The Morgan fingerprint density at radius 3 is 2.30 bits per heavy atom. The fraction of sp³-hybridized carbons (Fsp3) is 0.556. The van der Waals surface area contributed by atoms with Crippen molar-refractivity contribution in [2.45, 2.75) is 18.6 Å². The van der Waals surface area contributed by atoms with Gasteiger partial charge in [0.25, 0.3) is 0 Å². The van der Waals surface area contributed by atoms with Crippen molar-refractivity contribution in [1.29, 1.82) is 0 Å². The van der Waals surface area contributed by atoms with Crippen LogP contribution < -0.4 is 16.4 Å². The van der Waals surface area contributed by atoms with Crippen LogP contribution in [0.1, 0.15) is 6.42 Å². The lowest BCUT2D eigenvalue weighted by molar-refractivity contribution is -0.175. The van der Waals surface area contributed by atoms with Crippen LogP contribution in [0.15, 0.2) is 0 Å². The highest BCUT2D eigenvalue weighted by atomic mass is 32.1. The molecule has 1 atom stereocenters. The number of rotatable bonds is 6. The van der Waals surface area contributed by atoms with Crippen LogP contribution in [0.25, 0.3) is 0 Å². The van der Waals surface area contributed by atoms with Gasteiger partial charge in [-0.15, -0.1) is 0 Å². The number of halogens is 3. The van der Waals surface area contributed by atoms with Crippen LogP contribution in [0.2, 0.25) is 0 Å². The highest BCUT2D eigenvalue weighted by Gasteiger charge is 2.41. The monoisotopic (exact) mass is 315 g/mol. The highest BCUT2D eigenvalue weighted by Crippen LogP contribution is 2.15. The third-order valence-electron chi connectivity index (χ3n) is 1.94. The summed E-state index contributed by atoms with van der Waals surface area (Å²) in [4.78, 5) is 33.3. The smallest absolute Gasteiger partial charge is 0.467 e. The van der Waals surface area contributed by atoms with Gasteiger partial charge in [0.15, 0.2) is 10.9 Å². The molecule has 0 aromatic carbocycles. The average Bonchev–Trinajstić information content (AvgIpc) is 2.33. The zero-order valence-corrected chi connectivity index (χ0v) is 11.1. The molecule has 11 heteroatoms. The van der Waals surface area contributed by atoms with E-state index >= 15 is 0 Å². The van der Waals surface area contributed by atoms with Gasteiger partial charge in [-0.05, 0) is 12.2 Å². The van der Waals surface area contributed by atoms with Crippen LogP contribution in [0.5, 0.6) is 0 Å². The minimum Gasteiger partial charge on any atom is -0.467 e. The van der Waals surface area contributed by atoms with Crippen molar-refractivity contribution in [3.8, 4) is 0 Å². The second kappa shape index (κ2) is 7.62. The van der Waals surface area contributed by atoms with Crippen LogP contribution in [0, 0.1) is 0 Å². The average molecular weight is 315 g/mol. The van der Waals surface area contributed by atoms with Gasteiger partial charge in [0, 0.05) is 6.42 Å². The van der Waals surface area contributed by atoms with E-state index in [1.807, 2.05) is 0 Å². The van der Waals surface area contributed by atoms with Crippen molar-refractivity contribution < 1.29 is 32.3 Å². The number of nitrogens with one attached hydrogen (secondary N) is 2. The summed E-state index contributed by atoms with van der Waals surface area (Å²) in [7, 11) is 0.910. The van der Waals surface area contributed by atoms with Gasteiger partial charge in [0.05, 0.1) is 13.7 Å². The molecule has 0 bridgehead atoms. The number of methoxy groups -OCH3 is 1. The Labute approximate surface area is 117 Å². The van der Waals surface area contributed by atoms with Crippen molar-refractivity contribution in [2.24, 2.45) is 5.73 Å². The number of Topliss-reactive ketones (excluding diaryl/α,β-unsaturated/α-hetero) is 1. The minimum atomic E-state index is -5.17. The molecule has 0 radical (unpaired) electrons. The molecule has 0 aliphatic rings. The van der Waals surface area contributed by atoms with Crippen LogP contribution >= 0.6 is 12.2 Å². The van der Waals surface area contributed by atoms with E-state index in [0.29, 0.717) is 0 Å². The molecule has 0 saturated heterocycles. The lowest BCUT2D eigenvalue weighted by atomic mass is 10.1. The van der Waals surface area contributed by atoms with Gasteiger partial charge in [-0.2, -0.15) is 13.2 Å². The lowest BCUT2D eigenvalue weighted by Crippen LogP contribution is -2.49. The topological polar surface area (TPSA) is 111 Å². The molecule has 0 unspecified atom stereocenters. The Morgan fingerprint density at radius 2 is 1.90 bits per heavy atom. The number of ketones is 1. The quantitative estimate of drug-likeness (QED) is 0.426. The third-order valence-corrected chi connectivity index (χ3v) is 2.08. The predicted molar refractivity (Wildman–Crippen MR) is 64.4 cm³/mol. The van der Waals surface area contributed by atoms with E-state index in [1.165, 1.54) is 5.32 Å². The summed E-state index contributed by atoms with van der Waals surface area (Å²) in [5.74, 6) is -4.20. The molecule has 0 aliphatic carbocycles. The van der Waals surface area contributed by atoms with E-state index < -0.39 is 36.3 Å². The van der Waals surface area contributed by atoms with E-state index in [9.17, 15) is 27.6 Å². The molecule has 4 N–H and O–H groups in total. The second-order valence-electron chi connectivity index (χ2n) is 3.51. The SMILES string of the molecule is COC(=O)[C@H](CC(=O)CNC(N)=S)NC(=O)C(F)(F)F. The Bertz CT molecular complexity index is 414. The van der Waals surface area contributed by atoms with Crippen molar-refractivity contribution in [2.75, 3.05) is 13.7 Å². The molecule has 0 spiro atoms. The zero-order chi connectivity index (χ0) is 15.9. The number of carbonyl (C=O) groups excluding carboxylic acids is 3. The first-order chi connectivity index (χ1) is 9.07. The van der Waals surface area contributed by atoms with Crippen LogP contribution in [-0.2, 0) is 19.1 Å². The molecule has 0 saturated carbocycles. The van der Waals surface area contributed by atoms with Gasteiger partial charge in [0.2, 0.25) is 0 Å². The zero-order valence-electron chi connectivity index (χ0n) is 10.2. The maximum absolute atomic E-state index is 12.1. The number of esters is 1. The summed E-state index contributed by atoms with van der Waals surface area (Å²) in [5.41, 5.74) is 5.05. The first-order valence-electron chi connectivity index (χ1n) is 5.08. The number of hydrogen-bond acceptors (Lipinski definition) is 5. The Kier molecular flexibility index (Phi) is 6.90. The first-order valence-corrected chi connectivity index (χ1v) is 5.49. The number of alkyl halides is 3. The molecule has 0 aliphatic heterocycles. The van der Waals surface area contributed by atoms with Crippen molar-refractivity contribution in [3.05, 3.63) is 0 Å². The van der Waals surface area contributed by atoms with E-state index in [2.05, 4.69) is 22.3 Å². The molecule has 0 aromatic heterocycles. The summed E-state index contributed by atoms with van der Waals surface area (Å²) in [6, 6.07) is -1.74. The standard InChI is InChI=1S/C9H12F3N3O4S/c1-19-6(17)5(15-7(18)9(10,11)12)2-4(16)3-14-8(13)20/h5H,2-3H2,1H3,(H,15,18)(H3,13,14,20)/t5-/m0/s1. The van der Waals surface area contributed by atoms with E-state index in [1.54, 1.807) is 0 Å². The van der Waals surface area contributed by atoms with Gasteiger partial charge in [0.1, 0.15) is 6.04 Å². The number of amides is 1. The maximum Gasteiger partial charge on any atom is 0.471 e. The Hall–Kier alpha value is -1.91. The summed E-state index contributed by atoms with van der Waals surface area (Å²) < 4.78 is 40.4. The predicted octanol–water partition coefficient (Wildman–Crippen LogP) is -1.00. The molecule has 0 heterocycles. The molecule has 114 valence electrons. The fourth-order valence-electron chi connectivity index (χ4n) is 1.06. The van der Waals surface area contributed by atoms with E-state index in [4.69, 9.17) is 5.73 Å². The number of ether oxygens (including phenoxy) is 1. The van der Waals surface area contributed by atoms with Gasteiger partial charge in [-0.1, -0.05) is 0 Å². The van der Waals surface area contributed by atoms with Crippen LogP contribution in [0.4, 0.5) is 13.2 Å². The molecule has 7 nitrogen and oxygen atoms in total. The van der Waals surface area contributed by atoms with Crippen LogP contribution in [-0.4, -0.2) is 48.6 Å². The van der Waals surface area contributed by atoms with Gasteiger partial charge in [-0.25, -0.2) is 4.79 Å². The van der Waals surface area contributed by atoms with Crippen molar-refractivity contribution in [3.63, 3.8) is 0 Å². The third kappa shape index (κ3) is 6.87. The number of thiocarbonyl (C=S) groups is 1. The molecule has 0 fully saturated rings. The molecular formula is C9H12F3N3O4S. The minimum absolute atomic E-state index is 0.188. The Balaban J connectivity index is 4.66. The largest absolute Gasteiger partial charge is 0.471 e. The second-order valence-corrected chi connectivity index (χ2v) is 3.95. The molecule has 1 amide bonds. The first kappa shape index (κ1) is 18.1. The molecule has 0 aromatic rings. The van der Waals surface area contributed by atoms with Crippen LogP contribution in [0.3, 0.4) is 0 Å². The van der Waals surface area contributed by atoms with E-state index in [0.717, 1.165) is 7.11 Å². The summed E-state index contributed by atoms with van der Waals surface area (Å²) in [5, 5.41) is 3.45. The number of hydrogen-bond donors (Lipinski definition) is 3. The van der Waals surface area contributed by atoms with Crippen molar-refractivity contribution >= 4 is 35.0 Å². The van der Waals surface area contributed by atoms with Gasteiger partial charge in [-0.3, -0.25) is 9.59 Å². The molecule has 0 rings (SSSR count). The lowest BCUT2D eigenvalue weighted by Gasteiger charge is -2.17. The normalized spacial score (nSPS) is 12.2. The maximum atomic E-state index is 12.1. The number of carbonyl (C=O) groups is 3. The summed E-state index contributed by atoms with van der Waals surface area (Å²) >= 11 is 4.43. The molecular weight excluding hydrogens is 303 g/mol. The van der Waals surface area contributed by atoms with Gasteiger partial charge >= 0.3 is 18.1 Å². The summed E-state index contributed by atoms with van der Waals surface area (Å²) in [6.45, 7) is -0.384. The Morgan fingerprint density at radius 1 is 1.35 bits per heavy atom. The highest BCUT2D eigenvalue weighted by molar-refractivity contribution is 7.80. The fourth-order valence-corrected chi connectivity index (χ4v) is 1.13. The number of nitrogens with two attached hydrogens (primary N) is 1. The van der Waals surface area contributed by atoms with Gasteiger partial charge < -0.3 is 21.1 Å². The van der Waals surface area contributed by atoms with E-state index in [-0.39, 0.29) is 11.7 Å². The summed E-state index contributed by atoms with van der Waals surface area (Å²) in [6.07, 6.45) is -5.86. The van der Waals surface area contributed by atoms with Crippen molar-refractivity contribution in [1.82, 2.24) is 10.6 Å².